The van der Waals surface area contributed by atoms with E-state index in [-0.39, 0.29) is 12.3 Å². The average molecular weight is 253 g/mol. The van der Waals surface area contributed by atoms with Crippen LogP contribution in [0.25, 0.3) is 0 Å². The van der Waals surface area contributed by atoms with E-state index in [4.69, 9.17) is 5.11 Å². The highest BCUT2D eigenvalue weighted by atomic mass is 19.4. The summed E-state index contributed by atoms with van der Waals surface area (Å²) in [5.41, 5.74) is -0.757. The molecule has 17 heavy (non-hydrogen) atoms. The summed E-state index contributed by atoms with van der Waals surface area (Å²) >= 11 is 0. The molecule has 0 aliphatic rings. The first-order chi connectivity index (χ1) is 7.79. The molecule has 1 unspecified atom stereocenters. The van der Waals surface area contributed by atoms with Crippen LogP contribution in [0.4, 0.5) is 13.2 Å². The molecule has 1 aromatic heterocycles. The summed E-state index contributed by atoms with van der Waals surface area (Å²) in [5, 5.41) is 15.1. The maximum atomic E-state index is 12.5. The molecule has 96 valence electrons. The summed E-state index contributed by atoms with van der Waals surface area (Å²) in [5.74, 6) is -1.45. The van der Waals surface area contributed by atoms with Crippen molar-refractivity contribution in [2.45, 2.75) is 25.7 Å². The van der Waals surface area contributed by atoms with E-state index in [1.807, 2.05) is 0 Å². The zero-order chi connectivity index (χ0) is 13.2. The van der Waals surface area contributed by atoms with E-state index < -0.39 is 23.9 Å². The van der Waals surface area contributed by atoms with Gasteiger partial charge >= 0.3 is 12.1 Å². The third-order valence-corrected chi connectivity index (χ3v) is 2.12. The third kappa shape index (κ3) is 2.73. The minimum Gasteiger partial charge on any atom is -0.476 e. The Morgan fingerprint density at radius 1 is 1.59 bits per heavy atom. The molecule has 1 aromatic rings. The predicted molar refractivity (Wildman–Crippen MR) is 48.5 cm³/mol. The Labute approximate surface area is 94.0 Å². The van der Waals surface area contributed by atoms with E-state index in [9.17, 15) is 18.0 Å². The van der Waals surface area contributed by atoms with Gasteiger partial charge < -0.3 is 9.84 Å². The van der Waals surface area contributed by atoms with Gasteiger partial charge in [-0.15, -0.1) is 5.10 Å². The van der Waals surface area contributed by atoms with Gasteiger partial charge in [-0.25, -0.2) is 9.48 Å². The van der Waals surface area contributed by atoms with Crippen molar-refractivity contribution in [3.63, 3.8) is 0 Å². The number of carboxylic acids is 1. The molecule has 0 amide bonds. The molecule has 1 atom stereocenters. The van der Waals surface area contributed by atoms with Gasteiger partial charge in [0.05, 0.1) is 6.61 Å². The second kappa shape index (κ2) is 4.70. The molecule has 1 rings (SSSR count). The molecular formula is C8H10F3N3O3. The van der Waals surface area contributed by atoms with Gasteiger partial charge in [0.15, 0.2) is 5.69 Å². The van der Waals surface area contributed by atoms with Gasteiger partial charge in [0, 0.05) is 7.11 Å². The lowest BCUT2D eigenvalue weighted by molar-refractivity contribution is -0.166. The molecule has 0 aliphatic heterocycles. The summed E-state index contributed by atoms with van der Waals surface area (Å²) in [4.78, 5) is 10.7. The van der Waals surface area contributed by atoms with Crippen LogP contribution in [-0.4, -0.2) is 39.4 Å². The van der Waals surface area contributed by atoms with Crippen LogP contribution in [-0.2, 0) is 11.3 Å². The van der Waals surface area contributed by atoms with Crippen LogP contribution in [0.5, 0.6) is 0 Å². The van der Waals surface area contributed by atoms with Crippen LogP contribution < -0.4 is 0 Å². The van der Waals surface area contributed by atoms with Gasteiger partial charge in [-0.3, -0.25) is 0 Å². The molecule has 6 nitrogen and oxygen atoms in total. The highest BCUT2D eigenvalue weighted by molar-refractivity contribution is 5.86. The maximum absolute atomic E-state index is 12.5. The molecule has 0 radical (unpaired) electrons. The highest BCUT2D eigenvalue weighted by Crippen LogP contribution is 2.30. The summed E-state index contributed by atoms with van der Waals surface area (Å²) < 4.78 is 42.6. The van der Waals surface area contributed by atoms with Gasteiger partial charge in [0.25, 0.3) is 0 Å². The molecule has 0 saturated carbocycles. The molecule has 0 bridgehead atoms. The first-order valence-corrected chi connectivity index (χ1v) is 4.52. The number of ether oxygens (including phenoxy) is 1. The lowest BCUT2D eigenvalue weighted by Gasteiger charge is -2.17. The third-order valence-electron chi connectivity index (χ3n) is 2.12. The van der Waals surface area contributed by atoms with E-state index in [1.165, 1.54) is 7.11 Å². The van der Waals surface area contributed by atoms with Crippen molar-refractivity contribution in [2.24, 2.45) is 0 Å². The van der Waals surface area contributed by atoms with Crippen molar-refractivity contribution < 1.29 is 27.8 Å². The fraction of sp³-hybridized carbons (Fsp3) is 0.625. The largest absolute Gasteiger partial charge is 0.476 e. The fourth-order valence-electron chi connectivity index (χ4n) is 1.20. The van der Waals surface area contributed by atoms with Crippen molar-refractivity contribution in [3.8, 4) is 0 Å². The number of nitrogens with zero attached hydrogens (tertiary/aromatic N) is 3. The Morgan fingerprint density at radius 2 is 2.18 bits per heavy atom. The topological polar surface area (TPSA) is 77.2 Å². The van der Waals surface area contributed by atoms with Crippen LogP contribution in [0.1, 0.15) is 29.1 Å². The number of hydrogen-bond acceptors (Lipinski definition) is 4. The minimum atomic E-state index is -4.54. The second-order valence-electron chi connectivity index (χ2n) is 3.29. The van der Waals surface area contributed by atoms with E-state index in [2.05, 4.69) is 15.0 Å². The molecule has 0 fully saturated rings. The summed E-state index contributed by atoms with van der Waals surface area (Å²) in [6.07, 6.45) is -4.54. The molecule has 1 heterocycles. The van der Waals surface area contributed by atoms with Gasteiger partial charge in [0.1, 0.15) is 11.7 Å². The average Bonchev–Trinajstić information content (AvgIpc) is 2.59. The molecule has 0 aliphatic carbocycles. The number of carboxylic acid groups (broad SMARTS) is 1. The first-order valence-electron chi connectivity index (χ1n) is 4.52. The molecule has 0 aromatic carbocycles. The maximum Gasteiger partial charge on any atom is 0.410 e. The van der Waals surface area contributed by atoms with E-state index in [0.29, 0.717) is 4.68 Å². The van der Waals surface area contributed by atoms with Crippen LogP contribution in [0.15, 0.2) is 0 Å². The highest BCUT2D eigenvalue weighted by Gasteiger charge is 2.40. The summed E-state index contributed by atoms with van der Waals surface area (Å²) in [6, 6.07) is -1.96. The molecule has 0 saturated heterocycles. The Bertz CT molecular complexity index is 416. The van der Waals surface area contributed by atoms with Crippen molar-refractivity contribution in [3.05, 3.63) is 11.4 Å². The normalized spacial score (nSPS) is 13.7. The predicted octanol–water partition coefficient (Wildman–Crippen LogP) is 1.25. The van der Waals surface area contributed by atoms with Crippen molar-refractivity contribution >= 4 is 5.97 Å². The quantitative estimate of drug-likeness (QED) is 0.873. The zero-order valence-corrected chi connectivity index (χ0v) is 9.02. The monoisotopic (exact) mass is 253 g/mol. The van der Waals surface area contributed by atoms with Crippen LogP contribution in [0.3, 0.4) is 0 Å². The molecule has 0 spiro atoms. The molecule has 1 N–H and O–H groups in total. The van der Waals surface area contributed by atoms with Gasteiger partial charge in [-0.05, 0) is 6.92 Å². The Balaban J connectivity index is 3.20. The van der Waals surface area contributed by atoms with Gasteiger partial charge in [-0.2, -0.15) is 13.2 Å². The lowest BCUT2D eigenvalue weighted by Crippen LogP contribution is -2.26. The van der Waals surface area contributed by atoms with Gasteiger partial charge in [0.2, 0.25) is 0 Å². The number of rotatable bonds is 4. The van der Waals surface area contributed by atoms with E-state index >= 15 is 0 Å². The summed E-state index contributed by atoms with van der Waals surface area (Å²) in [6.45, 7) is 0.550. The summed E-state index contributed by atoms with van der Waals surface area (Å²) in [7, 11) is 1.24. The molecule has 9 heteroatoms. The molecular weight excluding hydrogens is 243 g/mol. The SMILES string of the molecule is COCc1c(C(=O)O)nnn1C(C)C(F)(F)F. The number of aromatic carboxylic acids is 1. The van der Waals surface area contributed by atoms with E-state index in [1.54, 1.807) is 0 Å². The smallest absolute Gasteiger partial charge is 0.410 e. The van der Waals surface area contributed by atoms with Crippen LogP contribution in [0.2, 0.25) is 0 Å². The number of methoxy groups -OCH3 is 1. The Kier molecular flexibility index (Phi) is 3.71. The number of alkyl halides is 3. The fourth-order valence-corrected chi connectivity index (χ4v) is 1.20. The van der Waals surface area contributed by atoms with Crippen molar-refractivity contribution in [1.29, 1.82) is 0 Å². The Morgan fingerprint density at radius 3 is 2.59 bits per heavy atom. The van der Waals surface area contributed by atoms with Crippen molar-refractivity contribution in [2.75, 3.05) is 7.11 Å². The standard InChI is InChI=1S/C8H10F3N3O3/c1-4(8(9,10)11)14-5(3-17-2)6(7(15)16)12-13-14/h4H,3H2,1-2H3,(H,15,16). The lowest BCUT2D eigenvalue weighted by atomic mass is 10.2. The minimum absolute atomic E-state index is 0.218. The Hall–Kier alpha value is -1.64. The number of halogens is 3. The van der Waals surface area contributed by atoms with Gasteiger partial charge in [-0.1, -0.05) is 5.21 Å². The van der Waals surface area contributed by atoms with Crippen molar-refractivity contribution in [1.82, 2.24) is 15.0 Å². The first kappa shape index (κ1) is 13.4. The van der Waals surface area contributed by atoms with Crippen LogP contribution in [0, 0.1) is 0 Å². The zero-order valence-electron chi connectivity index (χ0n) is 9.02. The van der Waals surface area contributed by atoms with E-state index in [0.717, 1.165) is 6.92 Å². The number of carbonyl (C=O) groups is 1. The second-order valence-corrected chi connectivity index (χ2v) is 3.29. The number of aromatic nitrogens is 3. The van der Waals surface area contributed by atoms with Crippen LogP contribution >= 0.6 is 0 Å². The number of hydrogen-bond donors (Lipinski definition) is 1.